The molecule has 0 bridgehead atoms. The summed E-state index contributed by atoms with van der Waals surface area (Å²) in [6, 6.07) is 0. The van der Waals surface area contributed by atoms with Crippen LogP contribution in [0.4, 0.5) is 0 Å². The molecule has 0 rings (SSSR count). The average molecular weight is 767 g/mol. The molecule has 6 heteroatoms. The van der Waals surface area contributed by atoms with E-state index in [0.29, 0.717) is 19.3 Å². The van der Waals surface area contributed by atoms with Gasteiger partial charge < -0.3 is 14.2 Å². The molecule has 0 aliphatic heterocycles. The number of unbranched alkanes of at least 4 members (excludes halogenated alkanes) is 16. The minimum absolute atomic E-state index is 0.104. The van der Waals surface area contributed by atoms with Gasteiger partial charge in [0.15, 0.2) is 6.10 Å². The third-order valence-electron chi connectivity index (χ3n) is 9.18. The van der Waals surface area contributed by atoms with Gasteiger partial charge in [-0.05, 0) is 103 Å². The lowest BCUT2D eigenvalue weighted by atomic mass is 10.1. The monoisotopic (exact) mass is 767 g/mol. The Bertz CT molecular complexity index is 1070. The number of hydrogen-bond acceptors (Lipinski definition) is 6. The first kappa shape index (κ1) is 51.9. The minimum Gasteiger partial charge on any atom is -0.462 e. The molecule has 0 amide bonds. The molecule has 0 spiro atoms. The Balaban J connectivity index is 4.45. The van der Waals surface area contributed by atoms with Crippen molar-refractivity contribution in [2.24, 2.45) is 0 Å². The van der Waals surface area contributed by atoms with Crippen LogP contribution in [0, 0.1) is 0 Å². The SMILES string of the molecule is CC/C=C\C/C=C\C/C=C\CCCCCCC(=O)OCC(COC(=O)CCCC/C=C\C/C=C\CC)OC(=O)CCCCC/C=C\CCCCCCCCC. The molecular weight excluding hydrogens is 685 g/mol. The second kappa shape index (κ2) is 43.6. The van der Waals surface area contributed by atoms with E-state index in [4.69, 9.17) is 14.2 Å². The van der Waals surface area contributed by atoms with Gasteiger partial charge in [-0.15, -0.1) is 0 Å². The molecule has 0 saturated carbocycles. The Kier molecular flexibility index (Phi) is 41.1. The fourth-order valence-corrected chi connectivity index (χ4v) is 5.84. The fraction of sp³-hybridized carbons (Fsp3) is 0.694. The van der Waals surface area contributed by atoms with Crippen molar-refractivity contribution < 1.29 is 28.6 Å². The standard InChI is InChI=1S/C49H82O6/c1-4-7-10-13-16-19-21-23-25-27-30-33-36-39-42-48(51)54-45-46(44-53-47(50)41-38-35-32-29-18-15-12-9-6-3)55-49(52)43-40-37-34-31-28-26-24-22-20-17-14-11-8-5-2/h7,9-10,12,16,18-19,23,25-26,28-29,46H,4-6,8,11,13-15,17,20-22,24,27,30-45H2,1-3H3/b10-7-,12-9-,19-16-,25-23-,28-26-,29-18-. The third-order valence-corrected chi connectivity index (χ3v) is 9.18. The lowest BCUT2D eigenvalue weighted by molar-refractivity contribution is -0.167. The molecule has 0 saturated heterocycles. The highest BCUT2D eigenvalue weighted by Crippen LogP contribution is 2.12. The van der Waals surface area contributed by atoms with Crippen molar-refractivity contribution in [2.75, 3.05) is 13.2 Å². The summed E-state index contributed by atoms with van der Waals surface area (Å²) in [5, 5.41) is 0. The van der Waals surface area contributed by atoms with Crippen molar-refractivity contribution >= 4 is 17.9 Å². The number of esters is 3. The maximum Gasteiger partial charge on any atom is 0.306 e. The normalized spacial score (nSPS) is 12.7. The Morgan fingerprint density at radius 2 is 0.709 bits per heavy atom. The summed E-state index contributed by atoms with van der Waals surface area (Å²) >= 11 is 0. The van der Waals surface area contributed by atoms with Gasteiger partial charge >= 0.3 is 17.9 Å². The van der Waals surface area contributed by atoms with E-state index in [-0.39, 0.29) is 31.1 Å². The van der Waals surface area contributed by atoms with Crippen molar-refractivity contribution in [2.45, 2.75) is 207 Å². The second-order valence-corrected chi connectivity index (χ2v) is 14.5. The molecular formula is C49H82O6. The highest BCUT2D eigenvalue weighted by molar-refractivity contribution is 5.71. The van der Waals surface area contributed by atoms with E-state index in [1.165, 1.54) is 44.9 Å². The quantitative estimate of drug-likeness (QED) is 0.0268. The van der Waals surface area contributed by atoms with E-state index in [1.807, 2.05) is 0 Å². The highest BCUT2D eigenvalue weighted by atomic mass is 16.6. The molecule has 0 aliphatic rings. The summed E-state index contributed by atoms with van der Waals surface area (Å²) in [4.78, 5) is 37.6. The van der Waals surface area contributed by atoms with Crippen molar-refractivity contribution in [3.8, 4) is 0 Å². The average Bonchev–Trinajstić information content (AvgIpc) is 3.18. The number of ether oxygens (including phenoxy) is 3. The zero-order valence-electron chi connectivity index (χ0n) is 35.7. The first-order valence-corrected chi connectivity index (χ1v) is 22.4. The van der Waals surface area contributed by atoms with Gasteiger partial charge in [0, 0.05) is 19.3 Å². The van der Waals surface area contributed by atoms with Crippen LogP contribution in [-0.4, -0.2) is 37.2 Å². The zero-order chi connectivity index (χ0) is 40.1. The van der Waals surface area contributed by atoms with Gasteiger partial charge in [0.1, 0.15) is 13.2 Å². The van der Waals surface area contributed by atoms with E-state index in [9.17, 15) is 14.4 Å². The number of allylic oxidation sites excluding steroid dienone is 12. The van der Waals surface area contributed by atoms with Gasteiger partial charge in [0.2, 0.25) is 0 Å². The Morgan fingerprint density at radius 1 is 0.382 bits per heavy atom. The van der Waals surface area contributed by atoms with Crippen molar-refractivity contribution in [3.63, 3.8) is 0 Å². The second-order valence-electron chi connectivity index (χ2n) is 14.5. The van der Waals surface area contributed by atoms with E-state index in [0.717, 1.165) is 116 Å². The molecule has 55 heavy (non-hydrogen) atoms. The van der Waals surface area contributed by atoms with Crippen LogP contribution < -0.4 is 0 Å². The predicted octanol–water partition coefficient (Wildman–Crippen LogP) is 14.3. The van der Waals surface area contributed by atoms with Crippen LogP contribution in [-0.2, 0) is 28.6 Å². The molecule has 6 nitrogen and oxygen atoms in total. The molecule has 0 fully saturated rings. The Morgan fingerprint density at radius 3 is 1.18 bits per heavy atom. The number of carbonyl (C=O) groups is 3. The summed E-state index contributed by atoms with van der Waals surface area (Å²) in [5.74, 6) is -0.985. The molecule has 0 heterocycles. The zero-order valence-corrected chi connectivity index (χ0v) is 35.7. The Hall–Kier alpha value is -3.15. The van der Waals surface area contributed by atoms with E-state index < -0.39 is 6.10 Å². The maximum atomic E-state index is 12.7. The highest BCUT2D eigenvalue weighted by Gasteiger charge is 2.19. The Labute approximate surface area is 338 Å². The van der Waals surface area contributed by atoms with Crippen molar-refractivity contribution in [3.05, 3.63) is 72.9 Å². The maximum absolute atomic E-state index is 12.7. The summed E-state index contributed by atoms with van der Waals surface area (Å²) < 4.78 is 16.6. The van der Waals surface area contributed by atoms with E-state index >= 15 is 0 Å². The van der Waals surface area contributed by atoms with Gasteiger partial charge in [-0.2, -0.15) is 0 Å². The summed E-state index contributed by atoms with van der Waals surface area (Å²) in [7, 11) is 0. The van der Waals surface area contributed by atoms with Crippen molar-refractivity contribution in [1.82, 2.24) is 0 Å². The van der Waals surface area contributed by atoms with Gasteiger partial charge in [0.05, 0.1) is 0 Å². The molecule has 0 radical (unpaired) electrons. The predicted molar refractivity (Wildman–Crippen MR) is 233 cm³/mol. The van der Waals surface area contributed by atoms with Gasteiger partial charge in [-0.1, -0.05) is 151 Å². The summed E-state index contributed by atoms with van der Waals surface area (Å²) in [6.07, 6.45) is 53.3. The summed E-state index contributed by atoms with van der Waals surface area (Å²) in [6.45, 7) is 6.31. The first-order valence-electron chi connectivity index (χ1n) is 22.4. The van der Waals surface area contributed by atoms with Crippen molar-refractivity contribution in [1.29, 1.82) is 0 Å². The molecule has 0 aromatic heterocycles. The topological polar surface area (TPSA) is 78.9 Å². The third kappa shape index (κ3) is 41.8. The number of rotatable bonds is 39. The molecule has 1 atom stereocenters. The van der Waals surface area contributed by atoms with Crippen LogP contribution >= 0.6 is 0 Å². The lowest BCUT2D eigenvalue weighted by Crippen LogP contribution is -2.30. The largest absolute Gasteiger partial charge is 0.462 e. The van der Waals surface area contributed by atoms with Gasteiger partial charge in [0.25, 0.3) is 0 Å². The van der Waals surface area contributed by atoms with Crippen LogP contribution in [0.2, 0.25) is 0 Å². The fourth-order valence-electron chi connectivity index (χ4n) is 5.84. The van der Waals surface area contributed by atoms with Crippen LogP contribution in [0.3, 0.4) is 0 Å². The smallest absolute Gasteiger partial charge is 0.306 e. The van der Waals surface area contributed by atoms with Crippen LogP contribution in [0.5, 0.6) is 0 Å². The molecule has 0 aliphatic carbocycles. The van der Waals surface area contributed by atoms with Gasteiger partial charge in [-0.3, -0.25) is 14.4 Å². The van der Waals surface area contributed by atoms with Crippen LogP contribution in [0.15, 0.2) is 72.9 Å². The van der Waals surface area contributed by atoms with E-state index in [2.05, 4.69) is 93.7 Å². The van der Waals surface area contributed by atoms with Crippen LogP contribution in [0.25, 0.3) is 0 Å². The number of carbonyl (C=O) groups excluding carboxylic acids is 3. The molecule has 314 valence electrons. The molecule has 0 aromatic carbocycles. The lowest BCUT2D eigenvalue weighted by Gasteiger charge is -2.18. The van der Waals surface area contributed by atoms with Crippen LogP contribution in [0.1, 0.15) is 201 Å². The molecule has 0 aromatic rings. The summed E-state index contributed by atoms with van der Waals surface area (Å²) in [5.41, 5.74) is 0. The number of hydrogen-bond donors (Lipinski definition) is 0. The first-order chi connectivity index (χ1) is 27.0. The minimum atomic E-state index is -0.802. The molecule has 0 N–H and O–H groups in total. The molecule has 1 unspecified atom stereocenters. The van der Waals surface area contributed by atoms with Gasteiger partial charge in [-0.25, -0.2) is 0 Å². The van der Waals surface area contributed by atoms with E-state index in [1.54, 1.807) is 0 Å².